The van der Waals surface area contributed by atoms with Crippen LogP contribution < -0.4 is 5.32 Å². The minimum Gasteiger partial charge on any atom is -0.478 e. The number of hydrogen-bond acceptors (Lipinski definition) is 4. The summed E-state index contributed by atoms with van der Waals surface area (Å²) < 4.78 is 1.51. The van der Waals surface area contributed by atoms with Crippen LogP contribution in [-0.2, 0) is 4.79 Å². The number of nitrogens with one attached hydrogen (secondary N) is 1. The van der Waals surface area contributed by atoms with Crippen molar-refractivity contribution in [1.82, 2.24) is 15.0 Å². The van der Waals surface area contributed by atoms with Gasteiger partial charge in [-0.05, 0) is 30.3 Å². The Hall–Kier alpha value is -3.48. The summed E-state index contributed by atoms with van der Waals surface area (Å²) in [6.07, 6.45) is 1.70. The van der Waals surface area contributed by atoms with Gasteiger partial charge in [-0.25, -0.2) is 9.48 Å². The molecule has 0 spiro atoms. The van der Waals surface area contributed by atoms with Crippen LogP contribution in [0.25, 0.3) is 16.9 Å². The second-order valence-corrected chi connectivity index (χ2v) is 5.17. The molecule has 0 unspecified atom stereocenters. The summed E-state index contributed by atoms with van der Waals surface area (Å²) in [6, 6.07) is 13.7. The molecule has 0 bridgehead atoms. The Morgan fingerprint density at radius 1 is 1.12 bits per heavy atom. The quantitative estimate of drug-likeness (QED) is 0.769. The van der Waals surface area contributed by atoms with Gasteiger partial charge in [0.15, 0.2) is 0 Å². The van der Waals surface area contributed by atoms with E-state index in [9.17, 15) is 9.59 Å². The van der Waals surface area contributed by atoms with Crippen molar-refractivity contribution in [1.29, 1.82) is 0 Å². The average molecular weight is 322 g/mol. The highest BCUT2D eigenvalue weighted by atomic mass is 16.4. The Labute approximate surface area is 137 Å². The van der Waals surface area contributed by atoms with E-state index >= 15 is 0 Å². The Kier molecular flexibility index (Phi) is 4.07. The first-order chi connectivity index (χ1) is 11.5. The van der Waals surface area contributed by atoms with Gasteiger partial charge in [0, 0.05) is 18.2 Å². The van der Waals surface area contributed by atoms with Crippen molar-refractivity contribution < 1.29 is 14.7 Å². The van der Waals surface area contributed by atoms with Crippen LogP contribution in [0.3, 0.4) is 0 Å². The third-order valence-corrected chi connectivity index (χ3v) is 3.33. The molecule has 3 rings (SSSR count). The molecule has 0 saturated carbocycles. The van der Waals surface area contributed by atoms with Crippen molar-refractivity contribution in [3.63, 3.8) is 0 Å². The van der Waals surface area contributed by atoms with E-state index in [1.54, 1.807) is 30.5 Å². The summed E-state index contributed by atoms with van der Waals surface area (Å²) in [5.74, 6) is -1.15. The largest absolute Gasteiger partial charge is 0.478 e. The van der Waals surface area contributed by atoms with Crippen LogP contribution in [0.5, 0.6) is 0 Å². The maximum atomic E-state index is 11.1. The Balaban J connectivity index is 1.92. The number of hydrogen-bond donors (Lipinski definition) is 2. The van der Waals surface area contributed by atoms with Crippen LogP contribution in [-0.4, -0.2) is 32.0 Å². The van der Waals surface area contributed by atoms with E-state index in [-0.39, 0.29) is 11.5 Å². The lowest BCUT2D eigenvalue weighted by Gasteiger charge is -2.03. The van der Waals surface area contributed by atoms with Crippen molar-refractivity contribution in [2.24, 2.45) is 0 Å². The monoisotopic (exact) mass is 322 g/mol. The zero-order chi connectivity index (χ0) is 17.1. The second-order valence-electron chi connectivity index (χ2n) is 5.17. The van der Waals surface area contributed by atoms with Crippen molar-refractivity contribution in [2.75, 3.05) is 5.32 Å². The molecule has 0 saturated heterocycles. The van der Waals surface area contributed by atoms with Crippen LogP contribution >= 0.6 is 0 Å². The topological polar surface area (TPSA) is 97.1 Å². The Morgan fingerprint density at radius 2 is 1.92 bits per heavy atom. The molecule has 7 nitrogen and oxygen atoms in total. The van der Waals surface area contributed by atoms with E-state index in [0.717, 1.165) is 5.56 Å². The van der Waals surface area contributed by atoms with Crippen LogP contribution in [0, 0.1) is 0 Å². The number of carboxylic acids is 1. The van der Waals surface area contributed by atoms with Crippen LogP contribution in [0.15, 0.2) is 54.7 Å². The van der Waals surface area contributed by atoms with Gasteiger partial charge in [-0.3, -0.25) is 4.79 Å². The van der Waals surface area contributed by atoms with Gasteiger partial charge in [0.05, 0.1) is 17.4 Å². The predicted molar refractivity (Wildman–Crippen MR) is 88.1 cm³/mol. The third kappa shape index (κ3) is 3.30. The van der Waals surface area contributed by atoms with Crippen LogP contribution in [0.4, 0.5) is 5.69 Å². The van der Waals surface area contributed by atoms with Gasteiger partial charge in [-0.1, -0.05) is 23.4 Å². The maximum absolute atomic E-state index is 11.1. The van der Waals surface area contributed by atoms with E-state index in [4.69, 9.17) is 5.11 Å². The molecular weight excluding hydrogens is 308 g/mol. The lowest BCUT2D eigenvalue weighted by Crippen LogP contribution is -2.05. The Morgan fingerprint density at radius 3 is 2.67 bits per heavy atom. The fourth-order valence-electron chi connectivity index (χ4n) is 2.26. The minimum absolute atomic E-state index is 0.152. The lowest BCUT2D eigenvalue weighted by molar-refractivity contribution is -0.114. The molecule has 7 heteroatoms. The molecule has 0 aliphatic carbocycles. The van der Waals surface area contributed by atoms with Crippen LogP contribution in [0.1, 0.15) is 17.3 Å². The molecule has 1 aromatic heterocycles. The molecule has 0 atom stereocenters. The first-order valence-corrected chi connectivity index (χ1v) is 7.17. The fraction of sp³-hybridized carbons (Fsp3) is 0.0588. The van der Waals surface area contributed by atoms with E-state index in [2.05, 4.69) is 15.6 Å². The molecule has 0 radical (unpaired) electrons. The van der Waals surface area contributed by atoms with Crippen molar-refractivity contribution in [3.05, 3.63) is 60.3 Å². The molecule has 0 aliphatic rings. The first kappa shape index (κ1) is 15.4. The van der Waals surface area contributed by atoms with Gasteiger partial charge in [-0.15, -0.1) is 5.10 Å². The van der Waals surface area contributed by atoms with Gasteiger partial charge in [0.1, 0.15) is 5.69 Å². The number of aromatic nitrogens is 3. The minimum atomic E-state index is -1.000. The van der Waals surface area contributed by atoms with Crippen molar-refractivity contribution in [2.45, 2.75) is 6.92 Å². The zero-order valence-corrected chi connectivity index (χ0v) is 12.8. The number of amides is 1. The highest BCUT2D eigenvalue weighted by Gasteiger charge is 2.09. The first-order valence-electron chi connectivity index (χ1n) is 7.17. The highest BCUT2D eigenvalue weighted by Crippen LogP contribution is 2.21. The summed E-state index contributed by atoms with van der Waals surface area (Å²) in [4.78, 5) is 22.2. The lowest BCUT2D eigenvalue weighted by atomic mass is 10.1. The van der Waals surface area contributed by atoms with Crippen molar-refractivity contribution in [3.8, 4) is 16.9 Å². The number of nitrogens with zero attached hydrogens (tertiary/aromatic N) is 3. The summed E-state index contributed by atoms with van der Waals surface area (Å²) in [7, 11) is 0. The number of carbonyl (C=O) groups is 2. The number of carbonyl (C=O) groups excluding carboxylic acids is 1. The summed E-state index contributed by atoms with van der Waals surface area (Å²) in [5.41, 5.74) is 2.86. The maximum Gasteiger partial charge on any atom is 0.335 e. The molecule has 3 aromatic rings. The second kappa shape index (κ2) is 6.33. The van der Waals surface area contributed by atoms with E-state index in [1.165, 1.54) is 23.7 Å². The molecule has 1 amide bonds. The SMILES string of the molecule is CC(=O)Nc1cccc(-c2cn(-c3cccc(C(=O)O)c3)nn2)c1. The van der Waals surface area contributed by atoms with E-state index < -0.39 is 5.97 Å². The fourth-order valence-corrected chi connectivity index (χ4v) is 2.26. The van der Waals surface area contributed by atoms with E-state index in [0.29, 0.717) is 17.1 Å². The average Bonchev–Trinajstić information content (AvgIpc) is 3.04. The van der Waals surface area contributed by atoms with Gasteiger partial charge in [0.25, 0.3) is 0 Å². The highest BCUT2D eigenvalue weighted by molar-refractivity contribution is 5.89. The van der Waals surface area contributed by atoms with E-state index in [1.807, 2.05) is 12.1 Å². The standard InChI is InChI=1S/C17H14N4O3/c1-11(22)18-14-6-2-4-12(8-14)16-10-21(20-19-16)15-7-3-5-13(9-15)17(23)24/h2-10H,1H3,(H,18,22)(H,23,24). The smallest absolute Gasteiger partial charge is 0.335 e. The van der Waals surface area contributed by atoms with Gasteiger partial charge < -0.3 is 10.4 Å². The molecule has 24 heavy (non-hydrogen) atoms. The van der Waals surface area contributed by atoms with Gasteiger partial charge in [-0.2, -0.15) is 0 Å². The summed E-state index contributed by atoms with van der Waals surface area (Å²) >= 11 is 0. The molecule has 1 heterocycles. The number of benzene rings is 2. The number of aromatic carboxylic acids is 1. The normalized spacial score (nSPS) is 10.4. The third-order valence-electron chi connectivity index (χ3n) is 3.33. The molecule has 0 aliphatic heterocycles. The summed E-state index contributed by atoms with van der Waals surface area (Å²) in [5, 5.41) is 19.9. The van der Waals surface area contributed by atoms with Crippen LogP contribution in [0.2, 0.25) is 0 Å². The molecule has 0 fully saturated rings. The Bertz CT molecular complexity index is 917. The van der Waals surface area contributed by atoms with Gasteiger partial charge >= 0.3 is 5.97 Å². The van der Waals surface area contributed by atoms with Gasteiger partial charge in [0.2, 0.25) is 5.91 Å². The van der Waals surface area contributed by atoms with Crippen molar-refractivity contribution >= 4 is 17.6 Å². The molecule has 2 N–H and O–H groups in total. The molecule has 2 aromatic carbocycles. The zero-order valence-electron chi connectivity index (χ0n) is 12.8. The molecule has 120 valence electrons. The molecular formula is C17H14N4O3. The number of anilines is 1. The number of carboxylic acid groups (broad SMARTS) is 1. The summed E-state index contributed by atoms with van der Waals surface area (Å²) in [6.45, 7) is 1.44. The number of rotatable bonds is 4. The predicted octanol–water partition coefficient (Wildman–Crippen LogP) is 2.59.